The molecule has 25 heavy (non-hydrogen) atoms. The van der Waals surface area contributed by atoms with Crippen molar-refractivity contribution in [1.29, 1.82) is 0 Å². The summed E-state index contributed by atoms with van der Waals surface area (Å²) in [6.07, 6.45) is 0. The van der Waals surface area contributed by atoms with E-state index in [1.54, 1.807) is 0 Å². The highest BCUT2D eigenvalue weighted by molar-refractivity contribution is 5.84. The summed E-state index contributed by atoms with van der Waals surface area (Å²) in [6, 6.07) is 17.4. The predicted molar refractivity (Wildman–Crippen MR) is 104 cm³/mol. The van der Waals surface area contributed by atoms with Crippen LogP contribution in [0, 0.1) is 6.92 Å². The maximum Gasteiger partial charge on any atom is 0.134 e. The monoisotopic (exact) mass is 334 g/mol. The van der Waals surface area contributed by atoms with E-state index in [4.69, 9.17) is 4.42 Å². The first kappa shape index (κ1) is 16.4. The van der Waals surface area contributed by atoms with Crippen LogP contribution in [0.1, 0.15) is 18.2 Å². The molecular weight excluding hydrogens is 308 g/mol. The maximum absolute atomic E-state index is 6.08. The molecule has 0 N–H and O–H groups in total. The minimum Gasteiger partial charge on any atom is -0.460 e. The number of hydrogen-bond acceptors (Lipinski definition) is 3. The lowest BCUT2D eigenvalue weighted by Gasteiger charge is -2.33. The second-order valence-electron chi connectivity index (χ2n) is 7.04. The Bertz CT molecular complexity index is 842. The highest BCUT2D eigenvalue weighted by atomic mass is 16.3. The Labute approximate surface area is 149 Å². The van der Waals surface area contributed by atoms with Crippen molar-refractivity contribution in [2.45, 2.75) is 20.4 Å². The summed E-state index contributed by atoms with van der Waals surface area (Å²) >= 11 is 0. The smallest absolute Gasteiger partial charge is 0.134 e. The van der Waals surface area contributed by atoms with Gasteiger partial charge in [0.15, 0.2) is 0 Å². The van der Waals surface area contributed by atoms with Crippen molar-refractivity contribution in [3.63, 3.8) is 0 Å². The zero-order valence-corrected chi connectivity index (χ0v) is 15.2. The molecule has 1 aliphatic rings. The number of furan rings is 1. The van der Waals surface area contributed by atoms with Gasteiger partial charge in [-0.25, -0.2) is 0 Å². The fourth-order valence-corrected chi connectivity index (χ4v) is 3.59. The highest BCUT2D eigenvalue weighted by Crippen LogP contribution is 2.27. The first-order valence-electron chi connectivity index (χ1n) is 9.25. The lowest BCUT2D eigenvalue weighted by atomic mass is 10.0. The molecule has 1 aromatic heterocycles. The van der Waals surface area contributed by atoms with Crippen molar-refractivity contribution in [3.8, 4) is 11.1 Å². The van der Waals surface area contributed by atoms with Gasteiger partial charge in [-0.05, 0) is 42.8 Å². The zero-order valence-electron chi connectivity index (χ0n) is 15.2. The van der Waals surface area contributed by atoms with Crippen molar-refractivity contribution in [1.82, 2.24) is 9.80 Å². The van der Waals surface area contributed by atoms with Crippen molar-refractivity contribution >= 4 is 11.0 Å². The molecule has 3 aromatic rings. The summed E-state index contributed by atoms with van der Waals surface area (Å²) in [7, 11) is 0. The van der Waals surface area contributed by atoms with Crippen LogP contribution in [-0.4, -0.2) is 42.5 Å². The second-order valence-corrected chi connectivity index (χ2v) is 7.04. The van der Waals surface area contributed by atoms with Gasteiger partial charge in [-0.3, -0.25) is 4.90 Å². The Kier molecular flexibility index (Phi) is 4.60. The third-order valence-electron chi connectivity index (χ3n) is 5.24. The zero-order chi connectivity index (χ0) is 17.2. The first-order valence-corrected chi connectivity index (χ1v) is 9.25. The molecule has 2 aromatic carbocycles. The molecule has 1 fully saturated rings. The van der Waals surface area contributed by atoms with Gasteiger partial charge >= 0.3 is 0 Å². The standard InChI is InChI=1S/C22H26N2O/c1-3-23-10-12-24(13-11-23)16-21-15-20-14-19(8-9-22(20)25-21)18-6-4-17(2)5-7-18/h4-9,14-15H,3,10-13,16H2,1-2H3. The molecule has 2 heterocycles. The number of likely N-dealkylation sites (N-methyl/N-ethyl adjacent to an activating group) is 1. The van der Waals surface area contributed by atoms with Gasteiger partial charge in [0.1, 0.15) is 11.3 Å². The van der Waals surface area contributed by atoms with Gasteiger partial charge in [-0.2, -0.15) is 0 Å². The normalized spacial score (nSPS) is 16.6. The molecule has 0 saturated carbocycles. The fraction of sp³-hybridized carbons (Fsp3) is 0.364. The number of nitrogens with zero attached hydrogens (tertiary/aromatic N) is 2. The average Bonchev–Trinajstić information content (AvgIpc) is 3.04. The van der Waals surface area contributed by atoms with E-state index in [-0.39, 0.29) is 0 Å². The van der Waals surface area contributed by atoms with Crippen LogP contribution >= 0.6 is 0 Å². The highest BCUT2D eigenvalue weighted by Gasteiger charge is 2.17. The molecule has 1 saturated heterocycles. The summed E-state index contributed by atoms with van der Waals surface area (Å²) in [5.41, 5.74) is 4.78. The molecule has 0 radical (unpaired) electrons. The lowest BCUT2D eigenvalue weighted by Crippen LogP contribution is -2.45. The van der Waals surface area contributed by atoms with Crippen molar-refractivity contribution in [3.05, 3.63) is 59.9 Å². The van der Waals surface area contributed by atoms with Crippen LogP contribution in [0.5, 0.6) is 0 Å². The lowest BCUT2D eigenvalue weighted by molar-refractivity contribution is 0.126. The summed E-state index contributed by atoms with van der Waals surface area (Å²) in [6.45, 7) is 11.0. The molecule has 0 spiro atoms. The van der Waals surface area contributed by atoms with E-state index in [1.807, 2.05) is 0 Å². The van der Waals surface area contributed by atoms with E-state index in [0.717, 1.165) is 50.6 Å². The third kappa shape index (κ3) is 3.63. The van der Waals surface area contributed by atoms with Crippen LogP contribution in [0.15, 0.2) is 52.9 Å². The molecular formula is C22H26N2O. The molecule has 0 amide bonds. The Balaban J connectivity index is 1.51. The van der Waals surface area contributed by atoms with Gasteiger partial charge < -0.3 is 9.32 Å². The molecule has 0 unspecified atom stereocenters. The maximum atomic E-state index is 6.08. The summed E-state index contributed by atoms with van der Waals surface area (Å²) in [5.74, 6) is 1.07. The van der Waals surface area contributed by atoms with Gasteiger partial charge in [0.2, 0.25) is 0 Å². The van der Waals surface area contributed by atoms with Crippen LogP contribution < -0.4 is 0 Å². The molecule has 4 rings (SSSR count). The van der Waals surface area contributed by atoms with Gasteiger partial charge in [-0.1, -0.05) is 42.8 Å². The fourth-order valence-electron chi connectivity index (χ4n) is 3.59. The molecule has 130 valence electrons. The van der Waals surface area contributed by atoms with E-state index < -0.39 is 0 Å². The largest absolute Gasteiger partial charge is 0.460 e. The third-order valence-corrected chi connectivity index (χ3v) is 5.24. The van der Waals surface area contributed by atoms with E-state index >= 15 is 0 Å². The quantitative estimate of drug-likeness (QED) is 0.698. The topological polar surface area (TPSA) is 19.6 Å². The van der Waals surface area contributed by atoms with Gasteiger partial charge in [0.25, 0.3) is 0 Å². The van der Waals surface area contributed by atoms with Crippen molar-refractivity contribution < 1.29 is 4.42 Å². The van der Waals surface area contributed by atoms with Crippen molar-refractivity contribution in [2.75, 3.05) is 32.7 Å². The Morgan fingerprint density at radius 2 is 1.52 bits per heavy atom. The van der Waals surface area contributed by atoms with E-state index in [1.165, 1.54) is 22.1 Å². The average molecular weight is 334 g/mol. The van der Waals surface area contributed by atoms with Crippen LogP contribution in [0.4, 0.5) is 0 Å². The van der Waals surface area contributed by atoms with E-state index in [0.29, 0.717) is 0 Å². The molecule has 0 aliphatic carbocycles. The number of rotatable bonds is 4. The number of benzene rings is 2. The summed E-state index contributed by atoms with van der Waals surface area (Å²) < 4.78 is 6.08. The Morgan fingerprint density at radius 1 is 0.840 bits per heavy atom. The van der Waals surface area contributed by atoms with Gasteiger partial charge in [0, 0.05) is 31.6 Å². The number of piperazine rings is 1. The van der Waals surface area contributed by atoms with Crippen LogP contribution in [0.25, 0.3) is 22.1 Å². The molecule has 0 bridgehead atoms. The molecule has 3 heteroatoms. The molecule has 3 nitrogen and oxygen atoms in total. The van der Waals surface area contributed by atoms with Crippen molar-refractivity contribution in [2.24, 2.45) is 0 Å². The summed E-state index contributed by atoms with van der Waals surface area (Å²) in [5, 5.41) is 1.19. The molecule has 1 aliphatic heterocycles. The SMILES string of the molecule is CCN1CCN(Cc2cc3cc(-c4ccc(C)cc4)ccc3o2)CC1. The van der Waals surface area contributed by atoms with Crippen LogP contribution in [0.3, 0.4) is 0 Å². The summed E-state index contributed by atoms with van der Waals surface area (Å²) in [4.78, 5) is 4.99. The minimum atomic E-state index is 0.909. The molecule has 0 atom stereocenters. The Hall–Kier alpha value is -2.10. The van der Waals surface area contributed by atoms with Crippen LogP contribution in [0.2, 0.25) is 0 Å². The number of fused-ring (bicyclic) bond motifs is 1. The second kappa shape index (κ2) is 7.03. The van der Waals surface area contributed by atoms with Gasteiger partial charge in [0.05, 0.1) is 6.54 Å². The van der Waals surface area contributed by atoms with E-state index in [9.17, 15) is 0 Å². The first-order chi connectivity index (χ1) is 12.2. The number of aryl methyl sites for hydroxylation is 1. The van der Waals surface area contributed by atoms with Crippen LogP contribution in [-0.2, 0) is 6.54 Å². The Morgan fingerprint density at radius 3 is 2.24 bits per heavy atom. The van der Waals surface area contributed by atoms with E-state index in [2.05, 4.69) is 72.2 Å². The minimum absolute atomic E-state index is 0.909. The van der Waals surface area contributed by atoms with Gasteiger partial charge in [-0.15, -0.1) is 0 Å². The number of hydrogen-bond donors (Lipinski definition) is 0. The predicted octanol–water partition coefficient (Wildman–Crippen LogP) is 4.55.